The number of hydrogen-bond acceptors (Lipinski definition) is 3. The second kappa shape index (κ2) is 6.21. The molecule has 0 atom stereocenters. The second-order valence-corrected chi connectivity index (χ2v) is 4.18. The number of nitrogens with zero attached hydrogens (tertiary/aromatic N) is 2. The molecule has 0 radical (unpaired) electrons. The third-order valence-corrected chi connectivity index (χ3v) is 2.63. The Balaban J connectivity index is 2.12. The molecule has 1 heterocycles. The summed E-state index contributed by atoms with van der Waals surface area (Å²) < 4.78 is 7.76. The van der Waals surface area contributed by atoms with Crippen LogP contribution in [-0.4, -0.2) is 16.8 Å². The smallest absolute Gasteiger partial charge is 0.165 e. The molecule has 0 unspecified atom stereocenters. The molecule has 4 nitrogen and oxygen atoms in total. The molecule has 0 saturated carbocycles. The van der Waals surface area contributed by atoms with E-state index < -0.39 is 0 Å². The summed E-state index contributed by atoms with van der Waals surface area (Å²) in [6.07, 6.45) is 4.75. The Kier molecular flexibility index (Phi) is 4.36. The lowest BCUT2D eigenvalue weighted by Crippen LogP contribution is -2.06. The SMILES string of the molecule is CCCn1cc(Oc2ccccc2CNC)cn1. The average Bonchev–Trinajstić information content (AvgIpc) is 2.80. The van der Waals surface area contributed by atoms with Crippen molar-refractivity contribution < 1.29 is 4.74 Å². The van der Waals surface area contributed by atoms with Gasteiger partial charge in [0, 0.05) is 18.7 Å². The molecule has 0 saturated heterocycles. The first-order valence-electron chi connectivity index (χ1n) is 6.26. The lowest BCUT2D eigenvalue weighted by Gasteiger charge is -2.08. The Hall–Kier alpha value is -1.81. The van der Waals surface area contributed by atoms with Crippen molar-refractivity contribution in [1.29, 1.82) is 0 Å². The van der Waals surface area contributed by atoms with Gasteiger partial charge in [-0.05, 0) is 19.5 Å². The third kappa shape index (κ3) is 3.11. The van der Waals surface area contributed by atoms with E-state index >= 15 is 0 Å². The summed E-state index contributed by atoms with van der Waals surface area (Å²) in [6, 6.07) is 8.02. The van der Waals surface area contributed by atoms with Crippen LogP contribution in [0.3, 0.4) is 0 Å². The number of para-hydroxylation sites is 1. The molecule has 0 amide bonds. The Bertz CT molecular complexity index is 493. The minimum atomic E-state index is 0.784. The number of aryl methyl sites for hydroxylation is 1. The summed E-state index contributed by atoms with van der Waals surface area (Å²) in [5, 5.41) is 7.39. The van der Waals surface area contributed by atoms with Crippen LogP contribution in [-0.2, 0) is 13.1 Å². The van der Waals surface area contributed by atoms with E-state index in [1.54, 1.807) is 6.20 Å². The summed E-state index contributed by atoms with van der Waals surface area (Å²) >= 11 is 0. The Morgan fingerprint density at radius 1 is 1.33 bits per heavy atom. The van der Waals surface area contributed by atoms with Crippen LogP contribution >= 0.6 is 0 Å². The van der Waals surface area contributed by atoms with Crippen LogP contribution in [0.4, 0.5) is 0 Å². The monoisotopic (exact) mass is 245 g/mol. The highest BCUT2D eigenvalue weighted by Gasteiger charge is 2.05. The maximum Gasteiger partial charge on any atom is 0.165 e. The molecule has 1 aromatic carbocycles. The van der Waals surface area contributed by atoms with Crippen LogP contribution in [0.25, 0.3) is 0 Å². The maximum atomic E-state index is 5.87. The fraction of sp³-hybridized carbons (Fsp3) is 0.357. The highest BCUT2D eigenvalue weighted by atomic mass is 16.5. The molecule has 0 aliphatic carbocycles. The molecule has 96 valence electrons. The van der Waals surface area contributed by atoms with Crippen molar-refractivity contribution >= 4 is 0 Å². The third-order valence-electron chi connectivity index (χ3n) is 2.63. The lowest BCUT2D eigenvalue weighted by atomic mass is 10.2. The van der Waals surface area contributed by atoms with E-state index in [2.05, 4.69) is 23.4 Å². The Morgan fingerprint density at radius 2 is 2.17 bits per heavy atom. The first-order valence-corrected chi connectivity index (χ1v) is 6.26. The minimum Gasteiger partial charge on any atom is -0.454 e. The minimum absolute atomic E-state index is 0.784. The topological polar surface area (TPSA) is 39.1 Å². The van der Waals surface area contributed by atoms with Crippen LogP contribution in [0.1, 0.15) is 18.9 Å². The van der Waals surface area contributed by atoms with E-state index in [1.165, 1.54) is 0 Å². The standard InChI is InChI=1S/C14H19N3O/c1-3-8-17-11-13(10-16-17)18-14-7-5-4-6-12(14)9-15-2/h4-7,10-11,15H,3,8-9H2,1-2H3. The van der Waals surface area contributed by atoms with Crippen LogP contribution in [0.5, 0.6) is 11.5 Å². The molecule has 4 heteroatoms. The number of ether oxygens (including phenoxy) is 1. The largest absolute Gasteiger partial charge is 0.454 e. The van der Waals surface area contributed by atoms with Gasteiger partial charge in [0.1, 0.15) is 5.75 Å². The summed E-state index contributed by atoms with van der Waals surface area (Å²) in [6.45, 7) is 3.84. The van der Waals surface area contributed by atoms with Crippen LogP contribution in [0, 0.1) is 0 Å². The number of benzene rings is 1. The predicted octanol–water partition coefficient (Wildman–Crippen LogP) is 2.80. The Labute approximate surface area is 108 Å². The average molecular weight is 245 g/mol. The summed E-state index contributed by atoms with van der Waals surface area (Å²) in [7, 11) is 1.93. The fourth-order valence-corrected chi connectivity index (χ4v) is 1.82. The fourth-order valence-electron chi connectivity index (χ4n) is 1.82. The van der Waals surface area contributed by atoms with Crippen molar-refractivity contribution in [2.45, 2.75) is 26.4 Å². The van der Waals surface area contributed by atoms with Crippen molar-refractivity contribution in [3.8, 4) is 11.5 Å². The lowest BCUT2D eigenvalue weighted by molar-refractivity contribution is 0.472. The summed E-state index contributed by atoms with van der Waals surface area (Å²) in [5.41, 5.74) is 1.14. The number of aromatic nitrogens is 2. The van der Waals surface area contributed by atoms with E-state index in [1.807, 2.05) is 36.1 Å². The quantitative estimate of drug-likeness (QED) is 0.850. The van der Waals surface area contributed by atoms with Crippen molar-refractivity contribution in [2.75, 3.05) is 7.05 Å². The zero-order valence-corrected chi connectivity index (χ0v) is 10.9. The number of rotatable bonds is 6. The zero-order chi connectivity index (χ0) is 12.8. The number of hydrogen-bond donors (Lipinski definition) is 1. The number of nitrogens with one attached hydrogen (secondary N) is 1. The highest BCUT2D eigenvalue weighted by Crippen LogP contribution is 2.24. The summed E-state index contributed by atoms with van der Waals surface area (Å²) in [4.78, 5) is 0. The molecule has 2 rings (SSSR count). The van der Waals surface area contributed by atoms with Crippen molar-refractivity contribution in [3.63, 3.8) is 0 Å². The van der Waals surface area contributed by atoms with E-state index in [-0.39, 0.29) is 0 Å². The highest BCUT2D eigenvalue weighted by molar-refractivity contribution is 5.36. The molecular formula is C14H19N3O. The van der Waals surface area contributed by atoms with Gasteiger partial charge < -0.3 is 10.1 Å². The van der Waals surface area contributed by atoms with Crippen LogP contribution in [0.2, 0.25) is 0 Å². The van der Waals surface area contributed by atoms with Crippen molar-refractivity contribution in [3.05, 3.63) is 42.2 Å². The molecule has 0 fully saturated rings. The van der Waals surface area contributed by atoms with Crippen LogP contribution in [0.15, 0.2) is 36.7 Å². The van der Waals surface area contributed by atoms with E-state index in [0.29, 0.717) is 0 Å². The zero-order valence-electron chi connectivity index (χ0n) is 10.9. The summed E-state index contributed by atoms with van der Waals surface area (Å²) in [5.74, 6) is 1.66. The molecule has 0 spiro atoms. The van der Waals surface area contributed by atoms with Gasteiger partial charge in [-0.15, -0.1) is 0 Å². The van der Waals surface area contributed by atoms with Crippen molar-refractivity contribution in [1.82, 2.24) is 15.1 Å². The first kappa shape index (κ1) is 12.6. The molecule has 18 heavy (non-hydrogen) atoms. The molecule has 2 aromatic rings. The van der Waals surface area contributed by atoms with Gasteiger partial charge in [-0.2, -0.15) is 5.10 Å². The van der Waals surface area contributed by atoms with Gasteiger partial charge >= 0.3 is 0 Å². The molecule has 1 aromatic heterocycles. The van der Waals surface area contributed by atoms with E-state index in [9.17, 15) is 0 Å². The van der Waals surface area contributed by atoms with E-state index in [4.69, 9.17) is 4.74 Å². The second-order valence-electron chi connectivity index (χ2n) is 4.18. The van der Waals surface area contributed by atoms with Gasteiger partial charge in [0.15, 0.2) is 5.75 Å². The molecule has 0 bridgehead atoms. The van der Waals surface area contributed by atoms with E-state index in [0.717, 1.165) is 36.6 Å². The van der Waals surface area contributed by atoms with Gasteiger partial charge in [-0.25, -0.2) is 0 Å². The normalized spacial score (nSPS) is 10.6. The van der Waals surface area contributed by atoms with Gasteiger partial charge in [-0.3, -0.25) is 4.68 Å². The van der Waals surface area contributed by atoms with Gasteiger partial charge in [0.05, 0.1) is 12.4 Å². The van der Waals surface area contributed by atoms with Gasteiger partial charge in [0.2, 0.25) is 0 Å². The predicted molar refractivity (Wildman–Crippen MR) is 71.8 cm³/mol. The van der Waals surface area contributed by atoms with Crippen molar-refractivity contribution in [2.24, 2.45) is 0 Å². The molecular weight excluding hydrogens is 226 g/mol. The maximum absolute atomic E-state index is 5.87. The van der Waals surface area contributed by atoms with Gasteiger partial charge in [0.25, 0.3) is 0 Å². The van der Waals surface area contributed by atoms with Crippen LogP contribution < -0.4 is 10.1 Å². The molecule has 0 aliphatic rings. The van der Waals surface area contributed by atoms with Gasteiger partial charge in [-0.1, -0.05) is 25.1 Å². The molecule has 1 N–H and O–H groups in total. The first-order chi connectivity index (χ1) is 8.83. The molecule has 0 aliphatic heterocycles. The Morgan fingerprint density at radius 3 is 2.94 bits per heavy atom.